The molecule has 1 aromatic heterocycles. The number of esters is 2. The third-order valence-electron chi connectivity index (χ3n) is 5.09. The summed E-state index contributed by atoms with van der Waals surface area (Å²) in [5.74, 6) is -0.691. The highest BCUT2D eigenvalue weighted by Gasteiger charge is 2.29. The average molecular weight is 420 g/mol. The molecule has 8 nitrogen and oxygen atoms in total. The molecule has 0 radical (unpaired) electrons. The summed E-state index contributed by atoms with van der Waals surface area (Å²) in [5.41, 5.74) is 1.01. The standard InChI is InChI=1S/C20H25N3O5S/c1-27-17(24)8-7-15(19(25)28-2)22-20(26)23-11-9-13(10-12-23)18-21-14-5-3-4-6-16(14)29-18/h3-6,13,15H,7-12H2,1-2H3,(H,22,26). The SMILES string of the molecule is COC(=O)CCC(NC(=O)N1CCC(c2nc3ccccc3s2)CC1)C(=O)OC. The molecule has 0 saturated carbocycles. The van der Waals surface area contributed by atoms with Gasteiger partial charge < -0.3 is 19.7 Å². The first-order valence-electron chi connectivity index (χ1n) is 9.57. The smallest absolute Gasteiger partial charge is 0.328 e. The van der Waals surface area contributed by atoms with Gasteiger partial charge in [0.15, 0.2) is 0 Å². The molecular weight excluding hydrogens is 394 g/mol. The number of methoxy groups -OCH3 is 2. The predicted molar refractivity (Wildman–Crippen MR) is 109 cm³/mol. The first-order chi connectivity index (χ1) is 14.0. The van der Waals surface area contributed by atoms with E-state index in [-0.39, 0.29) is 18.9 Å². The summed E-state index contributed by atoms with van der Waals surface area (Å²) in [6.07, 6.45) is 1.79. The second-order valence-electron chi connectivity index (χ2n) is 6.92. The van der Waals surface area contributed by atoms with Gasteiger partial charge in [0.05, 0.1) is 29.4 Å². The van der Waals surface area contributed by atoms with Gasteiger partial charge in [0, 0.05) is 25.4 Å². The molecule has 2 amide bonds. The largest absolute Gasteiger partial charge is 0.469 e. The van der Waals surface area contributed by atoms with Crippen molar-refractivity contribution >= 4 is 39.5 Å². The zero-order valence-electron chi connectivity index (χ0n) is 16.6. The quantitative estimate of drug-likeness (QED) is 0.723. The molecule has 156 valence electrons. The summed E-state index contributed by atoms with van der Waals surface area (Å²) in [6.45, 7) is 1.16. The Hall–Kier alpha value is -2.68. The van der Waals surface area contributed by atoms with E-state index in [4.69, 9.17) is 9.72 Å². The van der Waals surface area contributed by atoms with Gasteiger partial charge in [0.2, 0.25) is 0 Å². The Kier molecular flexibility index (Phi) is 7.03. The van der Waals surface area contributed by atoms with Crippen LogP contribution in [-0.2, 0) is 19.1 Å². The molecular formula is C20H25N3O5S. The van der Waals surface area contributed by atoms with Gasteiger partial charge >= 0.3 is 18.0 Å². The summed E-state index contributed by atoms with van der Waals surface area (Å²) in [6, 6.07) is 6.87. The molecule has 1 atom stereocenters. The third-order valence-corrected chi connectivity index (χ3v) is 6.29. The van der Waals surface area contributed by atoms with Crippen molar-refractivity contribution in [1.82, 2.24) is 15.2 Å². The molecule has 29 heavy (non-hydrogen) atoms. The summed E-state index contributed by atoms with van der Waals surface area (Å²) < 4.78 is 10.5. The second-order valence-corrected chi connectivity index (χ2v) is 7.98. The summed E-state index contributed by atoms with van der Waals surface area (Å²) in [5, 5.41) is 3.79. The number of carbonyl (C=O) groups is 3. The molecule has 1 aromatic carbocycles. The Labute approximate surface area is 173 Å². The number of piperidine rings is 1. The minimum absolute atomic E-state index is 0.0240. The van der Waals surface area contributed by atoms with Crippen LogP contribution < -0.4 is 5.32 Å². The van der Waals surface area contributed by atoms with Crippen LogP contribution in [0.25, 0.3) is 10.2 Å². The molecule has 1 aliphatic heterocycles. The fourth-order valence-electron chi connectivity index (χ4n) is 3.39. The fraction of sp³-hybridized carbons (Fsp3) is 0.500. The van der Waals surface area contributed by atoms with Crippen molar-refractivity contribution < 1.29 is 23.9 Å². The number of nitrogens with zero attached hydrogens (tertiary/aromatic N) is 2. The molecule has 3 rings (SSSR count). The number of ether oxygens (including phenoxy) is 2. The van der Waals surface area contributed by atoms with Crippen molar-refractivity contribution in [3.8, 4) is 0 Å². The molecule has 9 heteroatoms. The van der Waals surface area contributed by atoms with Crippen molar-refractivity contribution in [3.05, 3.63) is 29.3 Å². The van der Waals surface area contributed by atoms with Crippen LogP contribution in [0.3, 0.4) is 0 Å². The van der Waals surface area contributed by atoms with Gasteiger partial charge in [0.25, 0.3) is 0 Å². The number of nitrogens with one attached hydrogen (secondary N) is 1. The van der Waals surface area contributed by atoms with Crippen molar-refractivity contribution in [3.63, 3.8) is 0 Å². The summed E-state index contributed by atoms with van der Waals surface area (Å²) in [7, 11) is 2.53. The lowest BCUT2D eigenvalue weighted by molar-refractivity contribution is -0.144. The number of benzene rings is 1. The van der Waals surface area contributed by atoms with Gasteiger partial charge in [-0.25, -0.2) is 14.6 Å². The number of hydrogen-bond acceptors (Lipinski definition) is 7. The highest BCUT2D eigenvalue weighted by molar-refractivity contribution is 7.18. The van der Waals surface area contributed by atoms with Gasteiger partial charge in [-0.05, 0) is 31.4 Å². The van der Waals surface area contributed by atoms with E-state index in [1.807, 2.05) is 18.2 Å². The molecule has 1 fully saturated rings. The lowest BCUT2D eigenvalue weighted by atomic mass is 9.98. The van der Waals surface area contributed by atoms with Gasteiger partial charge in [-0.3, -0.25) is 4.79 Å². The number of rotatable bonds is 6. The Morgan fingerprint density at radius 3 is 2.59 bits per heavy atom. The van der Waals surface area contributed by atoms with Crippen LogP contribution in [0.4, 0.5) is 4.79 Å². The second kappa shape index (κ2) is 9.69. The van der Waals surface area contributed by atoms with E-state index in [0.29, 0.717) is 19.0 Å². The number of carbonyl (C=O) groups excluding carboxylic acids is 3. The van der Waals surface area contributed by atoms with Crippen LogP contribution in [0.1, 0.15) is 36.6 Å². The molecule has 0 spiro atoms. The Bertz CT molecular complexity index is 843. The van der Waals surface area contributed by atoms with Gasteiger partial charge in [-0.15, -0.1) is 11.3 Å². The molecule has 1 unspecified atom stereocenters. The number of amides is 2. The predicted octanol–water partition coefficient (Wildman–Crippen LogP) is 2.68. The van der Waals surface area contributed by atoms with E-state index in [1.54, 1.807) is 16.2 Å². The van der Waals surface area contributed by atoms with E-state index < -0.39 is 18.0 Å². The first kappa shape index (κ1) is 21.0. The minimum atomic E-state index is -0.881. The number of likely N-dealkylation sites (tertiary alicyclic amines) is 1. The van der Waals surface area contributed by atoms with Crippen LogP contribution in [0.15, 0.2) is 24.3 Å². The van der Waals surface area contributed by atoms with E-state index in [1.165, 1.54) is 18.9 Å². The zero-order chi connectivity index (χ0) is 20.8. The normalized spacial score (nSPS) is 15.7. The van der Waals surface area contributed by atoms with Gasteiger partial charge in [-0.2, -0.15) is 0 Å². The molecule has 0 bridgehead atoms. The summed E-state index contributed by atoms with van der Waals surface area (Å²) >= 11 is 1.71. The lowest BCUT2D eigenvalue weighted by Crippen LogP contribution is -2.50. The third kappa shape index (κ3) is 5.23. The maximum Gasteiger partial charge on any atom is 0.328 e. The molecule has 1 saturated heterocycles. The van der Waals surface area contributed by atoms with Gasteiger partial charge in [0.1, 0.15) is 6.04 Å². The molecule has 2 aromatic rings. The molecule has 1 aliphatic rings. The van der Waals surface area contributed by atoms with Crippen molar-refractivity contribution in [2.75, 3.05) is 27.3 Å². The minimum Gasteiger partial charge on any atom is -0.469 e. The van der Waals surface area contributed by atoms with Crippen LogP contribution in [0.2, 0.25) is 0 Å². The highest BCUT2D eigenvalue weighted by Crippen LogP contribution is 2.33. The number of fused-ring (bicyclic) bond motifs is 1. The van der Waals surface area contributed by atoms with Gasteiger partial charge in [-0.1, -0.05) is 12.1 Å². The number of thiazole rings is 1. The van der Waals surface area contributed by atoms with Crippen LogP contribution in [0.5, 0.6) is 0 Å². The van der Waals surface area contributed by atoms with E-state index >= 15 is 0 Å². The number of urea groups is 1. The van der Waals surface area contributed by atoms with E-state index in [2.05, 4.69) is 16.1 Å². The van der Waals surface area contributed by atoms with Crippen LogP contribution in [-0.4, -0.2) is 61.2 Å². The topological polar surface area (TPSA) is 97.8 Å². The number of hydrogen-bond donors (Lipinski definition) is 1. The fourth-order valence-corrected chi connectivity index (χ4v) is 4.53. The number of aromatic nitrogens is 1. The maximum atomic E-state index is 12.6. The molecule has 2 heterocycles. The highest BCUT2D eigenvalue weighted by atomic mass is 32.1. The maximum absolute atomic E-state index is 12.6. The van der Waals surface area contributed by atoms with Crippen LogP contribution in [0, 0.1) is 0 Å². The lowest BCUT2D eigenvalue weighted by Gasteiger charge is -2.32. The van der Waals surface area contributed by atoms with E-state index in [9.17, 15) is 14.4 Å². The summed E-state index contributed by atoms with van der Waals surface area (Å²) in [4.78, 5) is 42.3. The Morgan fingerprint density at radius 1 is 1.21 bits per heavy atom. The molecule has 1 N–H and O–H groups in total. The average Bonchev–Trinajstić information content (AvgIpc) is 3.20. The van der Waals surface area contributed by atoms with Crippen molar-refractivity contribution in [2.24, 2.45) is 0 Å². The Morgan fingerprint density at radius 2 is 1.93 bits per heavy atom. The van der Waals surface area contributed by atoms with E-state index in [0.717, 1.165) is 23.4 Å². The monoisotopic (exact) mass is 419 g/mol. The van der Waals surface area contributed by atoms with Crippen molar-refractivity contribution in [1.29, 1.82) is 0 Å². The molecule has 0 aliphatic carbocycles. The first-order valence-corrected chi connectivity index (χ1v) is 10.4. The number of para-hydroxylation sites is 1. The van der Waals surface area contributed by atoms with Crippen molar-refractivity contribution in [2.45, 2.75) is 37.6 Å². The Balaban J connectivity index is 1.55. The van der Waals surface area contributed by atoms with Crippen LogP contribution >= 0.6 is 11.3 Å². The zero-order valence-corrected chi connectivity index (χ0v) is 17.4.